The fourth-order valence-electron chi connectivity index (χ4n) is 1.77. The molecule has 0 rings (SSSR count). The third-order valence-corrected chi connectivity index (χ3v) is 4.23. The van der Waals surface area contributed by atoms with E-state index in [0.29, 0.717) is 26.1 Å². The SMILES string of the molecule is CCC(Cl)C(=O)OCCCCCCCCOC(=O)C(Cl)CC. The molecule has 0 aromatic heterocycles. The Hall–Kier alpha value is -0.480. The van der Waals surface area contributed by atoms with Crippen molar-refractivity contribution in [2.24, 2.45) is 0 Å². The lowest BCUT2D eigenvalue weighted by Crippen LogP contribution is -2.17. The smallest absolute Gasteiger partial charge is 0.324 e. The van der Waals surface area contributed by atoms with Crippen molar-refractivity contribution in [3.05, 3.63) is 0 Å². The first-order valence-corrected chi connectivity index (χ1v) is 9.01. The Labute approximate surface area is 143 Å². The van der Waals surface area contributed by atoms with Gasteiger partial charge in [-0.3, -0.25) is 9.59 Å². The Morgan fingerprint density at radius 3 is 1.36 bits per heavy atom. The maximum atomic E-state index is 11.3. The molecule has 0 saturated heterocycles. The Balaban J connectivity index is 3.31. The number of rotatable bonds is 13. The first-order valence-electron chi connectivity index (χ1n) is 8.14. The molecule has 0 heterocycles. The van der Waals surface area contributed by atoms with Crippen molar-refractivity contribution >= 4 is 35.1 Å². The first-order chi connectivity index (χ1) is 10.5. The summed E-state index contributed by atoms with van der Waals surface area (Å²) in [4.78, 5) is 22.6. The van der Waals surface area contributed by atoms with Gasteiger partial charge in [-0.25, -0.2) is 0 Å². The minimum Gasteiger partial charge on any atom is -0.465 e. The fourth-order valence-corrected chi connectivity index (χ4v) is 1.90. The molecule has 0 spiro atoms. The summed E-state index contributed by atoms with van der Waals surface area (Å²) in [5.74, 6) is -0.647. The molecule has 22 heavy (non-hydrogen) atoms. The zero-order chi connectivity index (χ0) is 16.8. The number of ether oxygens (including phenoxy) is 2. The van der Waals surface area contributed by atoms with Crippen molar-refractivity contribution in [2.75, 3.05) is 13.2 Å². The highest BCUT2D eigenvalue weighted by molar-refractivity contribution is 6.30. The van der Waals surface area contributed by atoms with E-state index in [4.69, 9.17) is 32.7 Å². The van der Waals surface area contributed by atoms with Gasteiger partial charge in [0.25, 0.3) is 0 Å². The van der Waals surface area contributed by atoms with Crippen LogP contribution in [-0.4, -0.2) is 35.9 Å². The van der Waals surface area contributed by atoms with E-state index >= 15 is 0 Å². The predicted octanol–water partition coefficient (Wildman–Crippen LogP) is 4.45. The molecule has 0 aromatic carbocycles. The number of halogens is 2. The van der Waals surface area contributed by atoms with E-state index in [1.54, 1.807) is 0 Å². The molecular weight excluding hydrogens is 327 g/mol. The number of carbonyl (C=O) groups excluding carboxylic acids is 2. The van der Waals surface area contributed by atoms with Crippen LogP contribution < -0.4 is 0 Å². The van der Waals surface area contributed by atoms with Gasteiger partial charge in [0, 0.05) is 0 Å². The van der Waals surface area contributed by atoms with Gasteiger partial charge < -0.3 is 9.47 Å². The summed E-state index contributed by atoms with van der Waals surface area (Å²) in [6.45, 7) is 4.58. The van der Waals surface area contributed by atoms with Crippen LogP contribution in [0.15, 0.2) is 0 Å². The molecule has 130 valence electrons. The minimum absolute atomic E-state index is 0.323. The first kappa shape index (κ1) is 21.5. The Morgan fingerprint density at radius 1 is 0.727 bits per heavy atom. The molecule has 0 saturated carbocycles. The van der Waals surface area contributed by atoms with Gasteiger partial charge in [-0.05, 0) is 25.7 Å². The third kappa shape index (κ3) is 11.1. The molecule has 0 fully saturated rings. The van der Waals surface area contributed by atoms with E-state index in [-0.39, 0.29) is 11.9 Å². The van der Waals surface area contributed by atoms with E-state index in [2.05, 4.69) is 0 Å². The summed E-state index contributed by atoms with van der Waals surface area (Å²) in [5, 5.41) is -1.05. The second-order valence-corrected chi connectivity index (χ2v) is 6.26. The number of hydrogen-bond acceptors (Lipinski definition) is 4. The van der Waals surface area contributed by atoms with Crippen LogP contribution in [0.5, 0.6) is 0 Å². The van der Waals surface area contributed by atoms with Crippen molar-refractivity contribution in [3.63, 3.8) is 0 Å². The fraction of sp³-hybridized carbons (Fsp3) is 0.875. The lowest BCUT2D eigenvalue weighted by Gasteiger charge is -2.08. The normalized spacial score (nSPS) is 13.5. The van der Waals surface area contributed by atoms with E-state index in [1.807, 2.05) is 13.8 Å². The average molecular weight is 355 g/mol. The van der Waals surface area contributed by atoms with E-state index in [0.717, 1.165) is 38.5 Å². The van der Waals surface area contributed by atoms with Crippen LogP contribution in [0.2, 0.25) is 0 Å². The van der Waals surface area contributed by atoms with Crippen molar-refractivity contribution in [1.82, 2.24) is 0 Å². The zero-order valence-electron chi connectivity index (χ0n) is 13.6. The van der Waals surface area contributed by atoms with Gasteiger partial charge in [0.1, 0.15) is 10.8 Å². The predicted molar refractivity (Wildman–Crippen MR) is 89.5 cm³/mol. The summed E-state index contributed by atoms with van der Waals surface area (Å²) < 4.78 is 10.1. The number of unbranched alkanes of at least 4 members (excludes halogenated alkanes) is 5. The molecule has 0 aliphatic rings. The second-order valence-electron chi connectivity index (χ2n) is 5.21. The summed E-state index contributed by atoms with van der Waals surface area (Å²) in [6.07, 6.45) is 7.10. The maximum absolute atomic E-state index is 11.3. The van der Waals surface area contributed by atoms with Crippen LogP contribution in [0, 0.1) is 0 Å². The highest BCUT2D eigenvalue weighted by atomic mass is 35.5. The van der Waals surface area contributed by atoms with Gasteiger partial charge in [0.05, 0.1) is 13.2 Å². The molecule has 0 aliphatic heterocycles. The number of carbonyl (C=O) groups is 2. The molecule has 0 aromatic rings. The lowest BCUT2D eigenvalue weighted by atomic mass is 10.1. The van der Waals surface area contributed by atoms with Crippen LogP contribution in [0.3, 0.4) is 0 Å². The van der Waals surface area contributed by atoms with Gasteiger partial charge >= 0.3 is 11.9 Å². The molecule has 0 N–H and O–H groups in total. The molecule has 2 unspecified atom stereocenters. The largest absolute Gasteiger partial charge is 0.465 e. The highest BCUT2D eigenvalue weighted by Gasteiger charge is 2.14. The quantitative estimate of drug-likeness (QED) is 0.278. The Morgan fingerprint density at radius 2 is 1.05 bits per heavy atom. The van der Waals surface area contributed by atoms with Gasteiger partial charge in [0.2, 0.25) is 0 Å². The van der Waals surface area contributed by atoms with Crippen molar-refractivity contribution in [3.8, 4) is 0 Å². The van der Waals surface area contributed by atoms with Gasteiger partial charge in [-0.15, -0.1) is 23.2 Å². The second kappa shape index (κ2) is 14.1. The van der Waals surface area contributed by atoms with E-state index < -0.39 is 10.8 Å². The molecule has 6 heteroatoms. The average Bonchev–Trinajstić information content (AvgIpc) is 2.54. The monoisotopic (exact) mass is 354 g/mol. The molecule has 0 aliphatic carbocycles. The third-order valence-electron chi connectivity index (χ3n) is 3.26. The maximum Gasteiger partial charge on any atom is 0.324 e. The zero-order valence-corrected chi connectivity index (χ0v) is 15.1. The molecule has 4 nitrogen and oxygen atoms in total. The Bertz CT molecular complexity index is 281. The van der Waals surface area contributed by atoms with Gasteiger partial charge in [-0.2, -0.15) is 0 Å². The van der Waals surface area contributed by atoms with Crippen molar-refractivity contribution in [2.45, 2.75) is 76.0 Å². The van der Waals surface area contributed by atoms with Gasteiger partial charge in [0.15, 0.2) is 0 Å². The summed E-state index contributed by atoms with van der Waals surface area (Å²) in [5.41, 5.74) is 0. The highest BCUT2D eigenvalue weighted by Crippen LogP contribution is 2.09. The van der Waals surface area contributed by atoms with Crippen molar-refractivity contribution < 1.29 is 19.1 Å². The summed E-state index contributed by atoms with van der Waals surface area (Å²) in [6, 6.07) is 0. The molecule has 2 atom stereocenters. The number of hydrogen-bond donors (Lipinski definition) is 0. The number of alkyl halides is 2. The minimum atomic E-state index is -0.525. The van der Waals surface area contributed by atoms with E-state index in [1.165, 1.54) is 0 Å². The molecule has 0 amide bonds. The van der Waals surface area contributed by atoms with Crippen LogP contribution >= 0.6 is 23.2 Å². The molecular formula is C16H28Cl2O4. The van der Waals surface area contributed by atoms with Crippen molar-refractivity contribution in [1.29, 1.82) is 0 Å². The molecule has 0 radical (unpaired) electrons. The Kier molecular flexibility index (Phi) is 13.8. The number of esters is 2. The standard InChI is InChI=1S/C16H28Cl2O4/c1-3-13(17)15(19)21-11-9-7-5-6-8-10-12-22-16(20)14(18)4-2/h13-14H,3-12H2,1-2H3. The van der Waals surface area contributed by atoms with Crippen LogP contribution in [0.4, 0.5) is 0 Å². The summed E-state index contributed by atoms with van der Waals surface area (Å²) in [7, 11) is 0. The summed E-state index contributed by atoms with van der Waals surface area (Å²) >= 11 is 11.5. The van der Waals surface area contributed by atoms with Crippen LogP contribution in [0.1, 0.15) is 65.2 Å². The lowest BCUT2D eigenvalue weighted by molar-refractivity contribution is -0.144. The molecule has 0 bridgehead atoms. The van der Waals surface area contributed by atoms with E-state index in [9.17, 15) is 9.59 Å². The van der Waals surface area contributed by atoms with Crippen LogP contribution in [0.25, 0.3) is 0 Å². The van der Waals surface area contributed by atoms with Gasteiger partial charge in [-0.1, -0.05) is 39.5 Å². The van der Waals surface area contributed by atoms with Crippen LogP contribution in [-0.2, 0) is 19.1 Å². The topological polar surface area (TPSA) is 52.6 Å².